The van der Waals surface area contributed by atoms with Crippen molar-refractivity contribution in [3.8, 4) is 0 Å². The zero-order valence-electron chi connectivity index (χ0n) is 12.6. The first-order chi connectivity index (χ1) is 10.8. The van der Waals surface area contributed by atoms with Gasteiger partial charge in [0.05, 0.1) is 5.69 Å². The second-order valence-electron chi connectivity index (χ2n) is 5.82. The van der Waals surface area contributed by atoms with Crippen molar-refractivity contribution in [2.24, 2.45) is 0 Å². The molecule has 1 aliphatic rings. The summed E-state index contributed by atoms with van der Waals surface area (Å²) < 4.78 is 0. The van der Waals surface area contributed by atoms with E-state index in [-0.39, 0.29) is 0 Å². The quantitative estimate of drug-likeness (QED) is 0.722. The number of pyridine rings is 2. The highest BCUT2D eigenvalue weighted by Crippen LogP contribution is 2.31. The molecule has 3 aromatic heterocycles. The maximum absolute atomic E-state index is 4.76. The van der Waals surface area contributed by atoms with Gasteiger partial charge in [0.2, 0.25) is 0 Å². The van der Waals surface area contributed by atoms with Crippen molar-refractivity contribution in [3.63, 3.8) is 0 Å². The number of hydrogen-bond acceptors (Lipinski definition) is 5. The Labute approximate surface area is 133 Å². The van der Waals surface area contributed by atoms with Gasteiger partial charge in [-0.1, -0.05) is 0 Å². The van der Waals surface area contributed by atoms with Gasteiger partial charge in [-0.15, -0.1) is 11.3 Å². The molecule has 5 heteroatoms. The first-order valence-electron chi connectivity index (χ1n) is 7.68. The van der Waals surface area contributed by atoms with Gasteiger partial charge < -0.3 is 4.90 Å². The Balaban J connectivity index is 1.50. The predicted molar refractivity (Wildman–Crippen MR) is 90.6 cm³/mol. The van der Waals surface area contributed by atoms with Gasteiger partial charge in [-0.3, -0.25) is 0 Å². The van der Waals surface area contributed by atoms with E-state index in [0.29, 0.717) is 5.92 Å². The van der Waals surface area contributed by atoms with Crippen LogP contribution >= 0.6 is 11.3 Å². The molecule has 0 aromatic carbocycles. The van der Waals surface area contributed by atoms with Crippen LogP contribution in [0.5, 0.6) is 0 Å². The van der Waals surface area contributed by atoms with Crippen LogP contribution in [0.1, 0.15) is 30.1 Å². The van der Waals surface area contributed by atoms with Crippen LogP contribution in [-0.4, -0.2) is 28.0 Å². The molecule has 112 valence electrons. The maximum Gasteiger partial charge on any atom is 0.185 e. The molecule has 0 spiro atoms. The van der Waals surface area contributed by atoms with Crippen molar-refractivity contribution in [1.29, 1.82) is 0 Å². The smallest absolute Gasteiger partial charge is 0.185 e. The number of anilines is 1. The van der Waals surface area contributed by atoms with Gasteiger partial charge in [-0.2, -0.15) is 0 Å². The lowest BCUT2D eigenvalue weighted by Gasteiger charge is -2.31. The summed E-state index contributed by atoms with van der Waals surface area (Å²) in [6.45, 7) is 4.16. The topological polar surface area (TPSA) is 41.9 Å². The SMILES string of the molecule is Cc1csc(N2CCC(c3ccc4cccnc4n3)CC2)n1. The summed E-state index contributed by atoms with van der Waals surface area (Å²) in [6.07, 6.45) is 4.07. The van der Waals surface area contributed by atoms with Crippen LogP contribution in [0.3, 0.4) is 0 Å². The van der Waals surface area contributed by atoms with E-state index in [9.17, 15) is 0 Å². The molecule has 1 fully saturated rings. The third-order valence-electron chi connectivity index (χ3n) is 4.28. The Morgan fingerprint density at radius 2 is 2.00 bits per heavy atom. The lowest BCUT2D eigenvalue weighted by Crippen LogP contribution is -2.33. The van der Waals surface area contributed by atoms with E-state index in [1.807, 2.05) is 12.3 Å². The number of aryl methyl sites for hydroxylation is 1. The predicted octanol–water partition coefficient (Wildman–Crippen LogP) is 3.78. The largest absolute Gasteiger partial charge is 0.348 e. The molecule has 3 aromatic rings. The average Bonchev–Trinajstić information content (AvgIpc) is 3.01. The number of hydrogen-bond donors (Lipinski definition) is 0. The van der Waals surface area contributed by atoms with E-state index in [4.69, 9.17) is 4.98 Å². The molecular weight excluding hydrogens is 292 g/mol. The molecular formula is C17H18N4S. The normalized spacial score (nSPS) is 16.3. The summed E-state index contributed by atoms with van der Waals surface area (Å²) >= 11 is 1.74. The number of fused-ring (bicyclic) bond motifs is 1. The fourth-order valence-corrected chi connectivity index (χ4v) is 3.91. The summed E-state index contributed by atoms with van der Waals surface area (Å²) in [7, 11) is 0. The van der Waals surface area contributed by atoms with Gasteiger partial charge in [0.1, 0.15) is 0 Å². The Morgan fingerprint density at radius 1 is 1.14 bits per heavy atom. The number of rotatable bonds is 2. The molecule has 0 aliphatic carbocycles. The highest BCUT2D eigenvalue weighted by atomic mass is 32.1. The minimum Gasteiger partial charge on any atom is -0.348 e. The molecule has 4 rings (SSSR count). The van der Waals surface area contributed by atoms with Gasteiger partial charge in [0.25, 0.3) is 0 Å². The highest BCUT2D eigenvalue weighted by molar-refractivity contribution is 7.13. The summed E-state index contributed by atoms with van der Waals surface area (Å²) in [6, 6.07) is 8.32. The van der Waals surface area contributed by atoms with Crippen LogP contribution in [-0.2, 0) is 0 Å². The fraction of sp³-hybridized carbons (Fsp3) is 0.353. The van der Waals surface area contributed by atoms with Crippen molar-refractivity contribution in [1.82, 2.24) is 15.0 Å². The second kappa shape index (κ2) is 5.65. The standard InChI is InChI=1S/C17H18N4S/c1-12-11-22-17(19-12)21-9-6-13(7-10-21)15-5-4-14-3-2-8-18-16(14)20-15/h2-5,8,11,13H,6-7,9-10H2,1H3. The number of piperidine rings is 1. The highest BCUT2D eigenvalue weighted by Gasteiger charge is 2.23. The lowest BCUT2D eigenvalue weighted by atomic mass is 9.93. The fourth-order valence-electron chi connectivity index (χ4n) is 3.05. The van der Waals surface area contributed by atoms with Gasteiger partial charge in [0, 0.05) is 41.7 Å². The average molecular weight is 310 g/mol. The summed E-state index contributed by atoms with van der Waals surface area (Å²) in [4.78, 5) is 16.1. The third kappa shape index (κ3) is 2.57. The van der Waals surface area contributed by atoms with Gasteiger partial charge in [-0.05, 0) is 44.0 Å². The Morgan fingerprint density at radius 3 is 2.77 bits per heavy atom. The molecule has 0 N–H and O–H groups in total. The van der Waals surface area contributed by atoms with Crippen molar-refractivity contribution >= 4 is 27.5 Å². The van der Waals surface area contributed by atoms with Crippen LogP contribution in [0, 0.1) is 6.92 Å². The zero-order valence-corrected chi connectivity index (χ0v) is 13.4. The Hall–Kier alpha value is -2.01. The van der Waals surface area contributed by atoms with Crippen molar-refractivity contribution in [3.05, 3.63) is 47.2 Å². The summed E-state index contributed by atoms with van der Waals surface area (Å²) in [5, 5.41) is 4.39. The number of nitrogens with zero attached hydrogens (tertiary/aromatic N) is 4. The van der Waals surface area contributed by atoms with Crippen molar-refractivity contribution < 1.29 is 0 Å². The molecule has 0 bridgehead atoms. The van der Waals surface area contributed by atoms with E-state index >= 15 is 0 Å². The number of thiazole rings is 1. The molecule has 0 radical (unpaired) electrons. The molecule has 1 saturated heterocycles. The first kappa shape index (κ1) is 13.6. The van der Waals surface area contributed by atoms with Crippen molar-refractivity contribution in [2.75, 3.05) is 18.0 Å². The molecule has 0 saturated carbocycles. The minimum atomic E-state index is 0.531. The lowest BCUT2D eigenvalue weighted by molar-refractivity contribution is 0.496. The van der Waals surface area contributed by atoms with Gasteiger partial charge >= 0.3 is 0 Å². The van der Waals surface area contributed by atoms with Crippen LogP contribution in [0.2, 0.25) is 0 Å². The van der Waals surface area contributed by atoms with E-state index < -0.39 is 0 Å². The second-order valence-corrected chi connectivity index (χ2v) is 6.66. The van der Waals surface area contributed by atoms with Crippen LogP contribution < -0.4 is 4.90 Å². The maximum atomic E-state index is 4.76. The minimum absolute atomic E-state index is 0.531. The van der Waals surface area contributed by atoms with Crippen LogP contribution in [0.25, 0.3) is 11.0 Å². The number of aromatic nitrogens is 3. The molecule has 1 aliphatic heterocycles. The van der Waals surface area contributed by atoms with Crippen molar-refractivity contribution in [2.45, 2.75) is 25.7 Å². The van der Waals surface area contributed by atoms with E-state index in [1.54, 1.807) is 11.3 Å². The summed E-state index contributed by atoms with van der Waals surface area (Å²) in [5.41, 5.74) is 3.16. The van der Waals surface area contributed by atoms with Crippen LogP contribution in [0.4, 0.5) is 5.13 Å². The molecule has 4 heterocycles. The van der Waals surface area contributed by atoms with E-state index in [2.05, 4.69) is 45.4 Å². The van der Waals surface area contributed by atoms with E-state index in [1.165, 1.54) is 5.69 Å². The Kier molecular flexibility index (Phi) is 3.50. The molecule has 0 unspecified atom stereocenters. The summed E-state index contributed by atoms with van der Waals surface area (Å²) in [5.74, 6) is 0.531. The molecule has 4 nitrogen and oxygen atoms in total. The molecule has 0 amide bonds. The van der Waals surface area contributed by atoms with E-state index in [0.717, 1.165) is 47.8 Å². The van der Waals surface area contributed by atoms with Gasteiger partial charge in [-0.25, -0.2) is 15.0 Å². The first-order valence-corrected chi connectivity index (χ1v) is 8.56. The monoisotopic (exact) mass is 310 g/mol. The molecule has 0 atom stereocenters. The third-order valence-corrected chi connectivity index (χ3v) is 5.30. The van der Waals surface area contributed by atoms with Crippen LogP contribution in [0.15, 0.2) is 35.8 Å². The van der Waals surface area contributed by atoms with Gasteiger partial charge in [0.15, 0.2) is 10.8 Å². The Bertz CT molecular complexity index is 790. The molecule has 22 heavy (non-hydrogen) atoms. The zero-order chi connectivity index (χ0) is 14.9.